The number of rotatable bonds is 5. The molecule has 0 bridgehead atoms. The molecule has 1 atom stereocenters. The first-order chi connectivity index (χ1) is 13.2. The van der Waals surface area contributed by atoms with Crippen LogP contribution >= 0.6 is 0 Å². The number of carboxylic acid groups (broad SMARTS) is 1. The molecule has 0 fully saturated rings. The Bertz CT molecular complexity index is 882. The van der Waals surface area contributed by atoms with Gasteiger partial charge in [-0.1, -0.05) is 36.4 Å². The number of fused-ring (bicyclic) bond motifs is 1. The quantitative estimate of drug-likeness (QED) is 0.846. The Morgan fingerprint density at radius 2 is 1.89 bits per heavy atom. The lowest BCUT2D eigenvalue weighted by atomic mass is 9.92. The predicted molar refractivity (Wildman–Crippen MR) is 93.9 cm³/mol. The van der Waals surface area contributed by atoms with Crippen molar-refractivity contribution in [3.8, 4) is 5.75 Å². The Balaban J connectivity index is 1.75. The zero-order chi connectivity index (χ0) is 20.3. The number of carbonyl (C=O) groups is 2. The van der Waals surface area contributed by atoms with Crippen molar-refractivity contribution in [2.75, 3.05) is 13.2 Å². The van der Waals surface area contributed by atoms with Crippen LogP contribution in [0.1, 0.15) is 22.7 Å². The summed E-state index contributed by atoms with van der Waals surface area (Å²) in [6.45, 7) is -1.16. The molecule has 0 saturated carbocycles. The zero-order valence-electron chi connectivity index (χ0n) is 14.8. The van der Waals surface area contributed by atoms with Crippen molar-refractivity contribution in [3.63, 3.8) is 0 Å². The Morgan fingerprint density at radius 1 is 1.14 bits per heavy atom. The van der Waals surface area contributed by atoms with Gasteiger partial charge in [0.1, 0.15) is 5.75 Å². The fourth-order valence-electron chi connectivity index (χ4n) is 3.29. The van der Waals surface area contributed by atoms with Crippen molar-refractivity contribution in [3.05, 3.63) is 65.2 Å². The van der Waals surface area contributed by atoms with Gasteiger partial charge in [0.15, 0.2) is 12.6 Å². The largest absolute Gasteiger partial charge is 0.484 e. The fraction of sp³-hybridized carbons (Fsp3) is 0.300. The molecule has 3 rings (SSSR count). The van der Waals surface area contributed by atoms with E-state index in [9.17, 15) is 27.9 Å². The third-order valence-electron chi connectivity index (χ3n) is 4.49. The third-order valence-corrected chi connectivity index (χ3v) is 4.49. The van der Waals surface area contributed by atoms with E-state index in [4.69, 9.17) is 4.74 Å². The highest BCUT2D eigenvalue weighted by atomic mass is 19.4. The topological polar surface area (TPSA) is 66.8 Å². The van der Waals surface area contributed by atoms with E-state index in [0.717, 1.165) is 5.56 Å². The van der Waals surface area contributed by atoms with Gasteiger partial charge in [-0.2, -0.15) is 13.2 Å². The lowest BCUT2D eigenvalue weighted by Gasteiger charge is -2.34. The average molecular weight is 393 g/mol. The van der Waals surface area contributed by atoms with Crippen LogP contribution in [0.2, 0.25) is 0 Å². The number of nitrogens with zero attached hydrogens (tertiary/aromatic N) is 1. The van der Waals surface area contributed by atoms with E-state index < -0.39 is 30.7 Å². The average Bonchev–Trinajstić information content (AvgIpc) is 2.65. The minimum Gasteiger partial charge on any atom is -0.484 e. The number of ether oxygens (including phenoxy) is 1. The second-order valence-corrected chi connectivity index (χ2v) is 6.50. The maximum Gasteiger partial charge on any atom is 0.422 e. The molecule has 1 N–H and O–H groups in total. The summed E-state index contributed by atoms with van der Waals surface area (Å²) in [5.74, 6) is -1.53. The van der Waals surface area contributed by atoms with Gasteiger partial charge in [0, 0.05) is 6.54 Å². The molecule has 8 heteroatoms. The standard InChI is InChI=1S/C20H18F3NO4/c21-20(22,23)12-28-15-6-3-4-13(10-15)11-17(25)24-9-8-14-5-1-2-7-16(14)18(24)19(26)27/h1-7,10,18H,8-9,11-12H2,(H,26,27). The Labute approximate surface area is 159 Å². The van der Waals surface area contributed by atoms with Gasteiger partial charge in [-0.05, 0) is 35.2 Å². The van der Waals surface area contributed by atoms with Crippen molar-refractivity contribution in [2.24, 2.45) is 0 Å². The van der Waals surface area contributed by atoms with E-state index >= 15 is 0 Å². The number of aliphatic carboxylic acids is 1. The molecule has 0 spiro atoms. The molecular weight excluding hydrogens is 375 g/mol. The highest BCUT2D eigenvalue weighted by molar-refractivity contribution is 5.86. The number of halogens is 3. The molecule has 1 aliphatic rings. The summed E-state index contributed by atoms with van der Waals surface area (Å²) in [7, 11) is 0. The molecule has 0 aliphatic carbocycles. The first-order valence-electron chi connectivity index (χ1n) is 8.63. The van der Waals surface area contributed by atoms with Gasteiger partial charge in [0.2, 0.25) is 5.91 Å². The molecule has 0 saturated heterocycles. The highest BCUT2D eigenvalue weighted by Gasteiger charge is 2.35. The summed E-state index contributed by atoms with van der Waals surface area (Å²) in [4.78, 5) is 25.9. The SMILES string of the molecule is O=C(O)C1c2ccccc2CCN1C(=O)Cc1cccc(OCC(F)(F)F)c1. The first kappa shape index (κ1) is 19.7. The normalized spacial score (nSPS) is 16.4. The van der Waals surface area contributed by atoms with E-state index in [1.54, 1.807) is 18.2 Å². The van der Waals surface area contributed by atoms with Crippen LogP contribution in [0.5, 0.6) is 5.75 Å². The van der Waals surface area contributed by atoms with Gasteiger partial charge in [-0.15, -0.1) is 0 Å². The van der Waals surface area contributed by atoms with Crippen LogP contribution in [0.15, 0.2) is 48.5 Å². The van der Waals surface area contributed by atoms with Crippen molar-refractivity contribution >= 4 is 11.9 Å². The van der Waals surface area contributed by atoms with Crippen molar-refractivity contribution in [2.45, 2.75) is 25.1 Å². The molecule has 148 valence electrons. The van der Waals surface area contributed by atoms with Crippen LogP contribution in [0.25, 0.3) is 0 Å². The number of alkyl halides is 3. The summed E-state index contributed by atoms with van der Waals surface area (Å²) in [6, 6.07) is 11.8. The molecule has 28 heavy (non-hydrogen) atoms. The molecular formula is C20H18F3NO4. The lowest BCUT2D eigenvalue weighted by Crippen LogP contribution is -2.44. The number of benzene rings is 2. The summed E-state index contributed by atoms with van der Waals surface area (Å²) >= 11 is 0. The van der Waals surface area contributed by atoms with Crippen molar-refractivity contribution in [1.82, 2.24) is 4.90 Å². The van der Waals surface area contributed by atoms with Gasteiger partial charge in [-0.25, -0.2) is 4.79 Å². The van der Waals surface area contributed by atoms with Gasteiger partial charge in [-0.3, -0.25) is 4.79 Å². The Morgan fingerprint density at radius 3 is 2.61 bits per heavy atom. The maximum atomic E-state index is 12.8. The number of hydrogen-bond donors (Lipinski definition) is 1. The number of carboxylic acids is 1. The molecule has 1 unspecified atom stereocenters. The second-order valence-electron chi connectivity index (χ2n) is 6.50. The smallest absolute Gasteiger partial charge is 0.422 e. The Hall–Kier alpha value is -3.03. The summed E-state index contributed by atoms with van der Waals surface area (Å²) in [6.07, 6.45) is -4.04. The van der Waals surface area contributed by atoms with E-state index in [1.807, 2.05) is 12.1 Å². The van der Waals surface area contributed by atoms with Crippen LogP contribution in [-0.4, -0.2) is 41.2 Å². The summed E-state index contributed by atoms with van der Waals surface area (Å²) < 4.78 is 41.6. The molecule has 1 heterocycles. The van der Waals surface area contributed by atoms with Crippen LogP contribution in [-0.2, 0) is 22.4 Å². The van der Waals surface area contributed by atoms with Crippen LogP contribution in [0, 0.1) is 0 Å². The van der Waals surface area contributed by atoms with Gasteiger partial charge >= 0.3 is 12.1 Å². The predicted octanol–water partition coefficient (Wildman–Crippen LogP) is 3.38. The van der Waals surface area contributed by atoms with Crippen LogP contribution < -0.4 is 4.74 Å². The zero-order valence-corrected chi connectivity index (χ0v) is 14.8. The van der Waals surface area contributed by atoms with Gasteiger partial charge in [0.05, 0.1) is 6.42 Å². The first-order valence-corrected chi connectivity index (χ1v) is 8.63. The molecule has 0 aromatic heterocycles. The number of hydrogen-bond acceptors (Lipinski definition) is 3. The minimum atomic E-state index is -4.46. The van der Waals surface area contributed by atoms with Crippen LogP contribution in [0.4, 0.5) is 13.2 Å². The summed E-state index contributed by atoms with van der Waals surface area (Å²) in [5, 5.41) is 9.64. The molecule has 0 radical (unpaired) electrons. The van der Waals surface area contributed by atoms with Crippen molar-refractivity contribution < 1.29 is 32.6 Å². The molecule has 2 aromatic carbocycles. The summed E-state index contributed by atoms with van der Waals surface area (Å²) in [5.41, 5.74) is 1.92. The highest BCUT2D eigenvalue weighted by Crippen LogP contribution is 2.30. The fourth-order valence-corrected chi connectivity index (χ4v) is 3.29. The second kappa shape index (κ2) is 7.92. The molecule has 2 aromatic rings. The van der Waals surface area contributed by atoms with Gasteiger partial charge < -0.3 is 14.7 Å². The van der Waals surface area contributed by atoms with E-state index in [0.29, 0.717) is 17.5 Å². The van der Waals surface area contributed by atoms with Crippen LogP contribution in [0.3, 0.4) is 0 Å². The molecule has 5 nitrogen and oxygen atoms in total. The maximum absolute atomic E-state index is 12.8. The minimum absolute atomic E-state index is 0.00130. The van der Waals surface area contributed by atoms with Gasteiger partial charge in [0.25, 0.3) is 0 Å². The molecule has 1 aliphatic heterocycles. The third kappa shape index (κ3) is 4.62. The number of carbonyl (C=O) groups excluding carboxylic acids is 1. The van der Waals surface area contributed by atoms with E-state index in [2.05, 4.69) is 0 Å². The Kier molecular flexibility index (Phi) is 5.58. The monoisotopic (exact) mass is 393 g/mol. The number of amides is 1. The van der Waals surface area contributed by atoms with E-state index in [-0.39, 0.29) is 18.7 Å². The van der Waals surface area contributed by atoms with E-state index in [1.165, 1.54) is 23.1 Å². The van der Waals surface area contributed by atoms with Crippen molar-refractivity contribution in [1.29, 1.82) is 0 Å². The lowest BCUT2D eigenvalue weighted by molar-refractivity contribution is -0.153. The molecule has 1 amide bonds.